The summed E-state index contributed by atoms with van der Waals surface area (Å²) in [6.45, 7) is 0.522. The van der Waals surface area contributed by atoms with E-state index in [9.17, 15) is 4.79 Å². The number of nitrogens with zero attached hydrogens (tertiary/aromatic N) is 3. The third-order valence-electron chi connectivity index (χ3n) is 2.63. The van der Waals surface area contributed by atoms with Crippen LogP contribution in [0.15, 0.2) is 47.7 Å². The van der Waals surface area contributed by atoms with Gasteiger partial charge in [-0.05, 0) is 5.56 Å². The van der Waals surface area contributed by atoms with Crippen LogP contribution in [-0.2, 0) is 6.54 Å². The zero-order valence-electron chi connectivity index (χ0n) is 9.00. The van der Waals surface area contributed by atoms with Gasteiger partial charge in [0, 0.05) is 0 Å². The van der Waals surface area contributed by atoms with E-state index in [0.29, 0.717) is 17.6 Å². The number of aromatic amines is 1. The second-order valence-electron chi connectivity index (χ2n) is 3.80. The zero-order valence-corrected chi connectivity index (χ0v) is 9.00. The summed E-state index contributed by atoms with van der Waals surface area (Å²) < 4.78 is 1.58. The van der Waals surface area contributed by atoms with E-state index < -0.39 is 0 Å². The van der Waals surface area contributed by atoms with Crippen LogP contribution in [0.5, 0.6) is 0 Å². The number of hydrogen-bond acceptors (Lipinski definition) is 3. The molecule has 17 heavy (non-hydrogen) atoms. The first-order chi connectivity index (χ1) is 8.34. The Balaban J connectivity index is 2.07. The van der Waals surface area contributed by atoms with E-state index in [0.717, 1.165) is 5.56 Å². The molecule has 2 heterocycles. The molecule has 0 saturated heterocycles. The standard InChI is InChI=1S/C12H10N4O/c17-12-10-6-14-15-11(10)13-8-16(12)7-9-4-2-1-3-5-9/h1-6,8H,7H2,(H,14,15). The lowest BCUT2D eigenvalue weighted by molar-refractivity contribution is 0.748. The van der Waals surface area contributed by atoms with Crippen molar-refractivity contribution in [3.63, 3.8) is 0 Å². The molecule has 5 heteroatoms. The number of fused-ring (bicyclic) bond motifs is 1. The zero-order chi connectivity index (χ0) is 11.7. The first-order valence-corrected chi connectivity index (χ1v) is 5.27. The van der Waals surface area contributed by atoms with Gasteiger partial charge in [0.1, 0.15) is 11.7 Å². The number of nitrogens with one attached hydrogen (secondary N) is 1. The van der Waals surface area contributed by atoms with E-state index in [1.165, 1.54) is 12.5 Å². The van der Waals surface area contributed by atoms with Gasteiger partial charge in [-0.3, -0.25) is 14.5 Å². The van der Waals surface area contributed by atoms with Crippen LogP contribution in [0.3, 0.4) is 0 Å². The molecule has 1 N–H and O–H groups in total. The third-order valence-corrected chi connectivity index (χ3v) is 2.63. The summed E-state index contributed by atoms with van der Waals surface area (Å²) in [5.41, 5.74) is 1.52. The van der Waals surface area contributed by atoms with Crippen molar-refractivity contribution in [3.05, 3.63) is 58.8 Å². The van der Waals surface area contributed by atoms with Crippen molar-refractivity contribution in [2.24, 2.45) is 0 Å². The maximum atomic E-state index is 12.1. The Morgan fingerprint density at radius 1 is 1.24 bits per heavy atom. The highest BCUT2D eigenvalue weighted by Crippen LogP contribution is 2.03. The average Bonchev–Trinajstić information content (AvgIpc) is 2.83. The number of benzene rings is 1. The van der Waals surface area contributed by atoms with Gasteiger partial charge in [-0.25, -0.2) is 4.98 Å². The summed E-state index contributed by atoms with van der Waals surface area (Å²) in [5, 5.41) is 7.00. The van der Waals surface area contributed by atoms with Gasteiger partial charge in [0.05, 0.1) is 12.7 Å². The molecule has 2 aromatic heterocycles. The molecular weight excluding hydrogens is 216 g/mol. The van der Waals surface area contributed by atoms with Crippen LogP contribution < -0.4 is 5.56 Å². The van der Waals surface area contributed by atoms with Crippen molar-refractivity contribution >= 4 is 11.0 Å². The Morgan fingerprint density at radius 2 is 2.06 bits per heavy atom. The molecule has 84 valence electrons. The highest BCUT2D eigenvalue weighted by atomic mass is 16.1. The molecule has 0 bridgehead atoms. The van der Waals surface area contributed by atoms with Crippen LogP contribution in [-0.4, -0.2) is 19.7 Å². The smallest absolute Gasteiger partial charge is 0.264 e. The molecule has 0 unspecified atom stereocenters. The van der Waals surface area contributed by atoms with E-state index in [4.69, 9.17) is 0 Å². The van der Waals surface area contributed by atoms with Crippen LogP contribution in [0.1, 0.15) is 5.56 Å². The van der Waals surface area contributed by atoms with E-state index >= 15 is 0 Å². The molecule has 0 fully saturated rings. The largest absolute Gasteiger partial charge is 0.294 e. The average molecular weight is 226 g/mol. The van der Waals surface area contributed by atoms with Gasteiger partial charge in [-0.2, -0.15) is 5.10 Å². The normalized spacial score (nSPS) is 10.8. The predicted octanol–water partition coefficient (Wildman–Crippen LogP) is 1.17. The Bertz CT molecular complexity index is 699. The molecule has 0 aliphatic rings. The molecule has 0 saturated carbocycles. The minimum Gasteiger partial charge on any atom is -0.294 e. The first-order valence-electron chi connectivity index (χ1n) is 5.27. The summed E-state index contributed by atoms with van der Waals surface area (Å²) >= 11 is 0. The molecule has 0 radical (unpaired) electrons. The third kappa shape index (κ3) is 1.71. The van der Waals surface area contributed by atoms with Crippen molar-refractivity contribution < 1.29 is 0 Å². The van der Waals surface area contributed by atoms with Crippen LogP contribution in [0.4, 0.5) is 0 Å². The number of H-pyrrole nitrogens is 1. The second-order valence-corrected chi connectivity index (χ2v) is 3.80. The lowest BCUT2D eigenvalue weighted by Crippen LogP contribution is -2.20. The summed E-state index contributed by atoms with van der Waals surface area (Å²) in [6.07, 6.45) is 3.04. The van der Waals surface area contributed by atoms with Gasteiger partial charge >= 0.3 is 0 Å². The lowest BCUT2D eigenvalue weighted by atomic mass is 10.2. The molecule has 0 aliphatic heterocycles. The number of hydrogen-bond donors (Lipinski definition) is 1. The van der Waals surface area contributed by atoms with Crippen LogP contribution in [0, 0.1) is 0 Å². The quantitative estimate of drug-likeness (QED) is 0.713. The number of aromatic nitrogens is 4. The monoisotopic (exact) mass is 226 g/mol. The summed E-state index contributed by atoms with van der Waals surface area (Å²) in [7, 11) is 0. The molecular formula is C12H10N4O. The van der Waals surface area contributed by atoms with Gasteiger partial charge in [-0.15, -0.1) is 0 Å². The van der Waals surface area contributed by atoms with Crippen molar-refractivity contribution in [3.8, 4) is 0 Å². The van der Waals surface area contributed by atoms with Crippen molar-refractivity contribution in [2.75, 3.05) is 0 Å². The summed E-state index contributed by atoms with van der Waals surface area (Å²) in [5.74, 6) is 0. The molecule has 1 aromatic carbocycles. The molecule has 3 aromatic rings. The van der Waals surface area contributed by atoms with Gasteiger partial charge in [-0.1, -0.05) is 30.3 Å². The van der Waals surface area contributed by atoms with Gasteiger partial charge in [0.25, 0.3) is 5.56 Å². The highest BCUT2D eigenvalue weighted by Gasteiger charge is 2.05. The van der Waals surface area contributed by atoms with Crippen LogP contribution in [0.25, 0.3) is 11.0 Å². The Kier molecular flexibility index (Phi) is 2.22. The molecule has 5 nitrogen and oxygen atoms in total. The van der Waals surface area contributed by atoms with Gasteiger partial charge < -0.3 is 0 Å². The van der Waals surface area contributed by atoms with Gasteiger partial charge in [0.2, 0.25) is 0 Å². The fraction of sp³-hybridized carbons (Fsp3) is 0.0833. The highest BCUT2D eigenvalue weighted by molar-refractivity contribution is 5.71. The Labute approximate surface area is 96.7 Å². The van der Waals surface area contributed by atoms with Gasteiger partial charge in [0.15, 0.2) is 5.65 Å². The minimum absolute atomic E-state index is 0.0763. The van der Waals surface area contributed by atoms with Crippen molar-refractivity contribution in [2.45, 2.75) is 6.54 Å². The minimum atomic E-state index is -0.0763. The van der Waals surface area contributed by atoms with Crippen molar-refractivity contribution in [1.82, 2.24) is 19.7 Å². The topological polar surface area (TPSA) is 63.6 Å². The molecule has 0 aliphatic carbocycles. The first kappa shape index (κ1) is 9.77. The molecule has 0 amide bonds. The van der Waals surface area contributed by atoms with Crippen LogP contribution in [0.2, 0.25) is 0 Å². The summed E-state index contributed by atoms with van der Waals surface area (Å²) in [6, 6.07) is 9.80. The molecule has 0 spiro atoms. The van der Waals surface area contributed by atoms with E-state index in [-0.39, 0.29) is 5.56 Å². The van der Waals surface area contributed by atoms with E-state index in [2.05, 4.69) is 15.2 Å². The molecule has 0 atom stereocenters. The van der Waals surface area contributed by atoms with Crippen molar-refractivity contribution in [1.29, 1.82) is 0 Å². The molecule has 3 rings (SSSR count). The SMILES string of the molecule is O=c1c2cn[nH]c2ncn1Cc1ccccc1. The fourth-order valence-corrected chi connectivity index (χ4v) is 1.76. The summed E-state index contributed by atoms with van der Waals surface area (Å²) in [4.78, 5) is 16.2. The van der Waals surface area contributed by atoms with E-state index in [1.54, 1.807) is 4.57 Å². The second kappa shape index (κ2) is 3.86. The Morgan fingerprint density at radius 3 is 2.88 bits per heavy atom. The van der Waals surface area contributed by atoms with E-state index in [1.807, 2.05) is 30.3 Å². The maximum Gasteiger partial charge on any atom is 0.264 e. The lowest BCUT2D eigenvalue weighted by Gasteiger charge is -2.04. The predicted molar refractivity (Wildman–Crippen MR) is 63.7 cm³/mol. The fourth-order valence-electron chi connectivity index (χ4n) is 1.76. The Hall–Kier alpha value is -2.43. The van der Waals surface area contributed by atoms with Crippen LogP contribution >= 0.6 is 0 Å². The number of rotatable bonds is 2. The maximum absolute atomic E-state index is 12.1.